The van der Waals surface area contributed by atoms with Crippen LogP contribution in [0.1, 0.15) is 32.8 Å². The van der Waals surface area contributed by atoms with Gasteiger partial charge in [-0.2, -0.15) is 0 Å². The lowest BCUT2D eigenvalue weighted by Crippen LogP contribution is -2.31. The molecule has 100 valence electrons. The van der Waals surface area contributed by atoms with Gasteiger partial charge in [-0.1, -0.05) is 36.2 Å². The molecule has 0 aromatic heterocycles. The van der Waals surface area contributed by atoms with E-state index in [2.05, 4.69) is 42.0 Å². The predicted molar refractivity (Wildman–Crippen MR) is 76.6 cm³/mol. The molecule has 0 bridgehead atoms. The zero-order valence-corrected chi connectivity index (χ0v) is 12.5. The van der Waals surface area contributed by atoms with Gasteiger partial charge in [-0.05, 0) is 25.0 Å². The molecular weight excluding hydrogens is 296 g/mol. The van der Waals surface area contributed by atoms with E-state index in [-0.39, 0.29) is 10.6 Å². The van der Waals surface area contributed by atoms with Gasteiger partial charge in [0, 0.05) is 28.7 Å². The van der Waals surface area contributed by atoms with Crippen LogP contribution in [0.5, 0.6) is 0 Å². The van der Waals surface area contributed by atoms with E-state index in [1.807, 2.05) is 0 Å². The maximum atomic E-state index is 10.9. The lowest BCUT2D eigenvalue weighted by Gasteiger charge is -2.19. The third-order valence-electron chi connectivity index (χ3n) is 3.35. The van der Waals surface area contributed by atoms with E-state index in [4.69, 9.17) is 0 Å². The van der Waals surface area contributed by atoms with Crippen LogP contribution in [0.25, 0.3) is 0 Å². The molecular formula is C13H19BrN2O2. The lowest BCUT2D eigenvalue weighted by atomic mass is 10.0. The largest absolute Gasteiger partial charge is 0.310 e. The number of hydrogen-bond acceptors (Lipinski definition) is 3. The van der Waals surface area contributed by atoms with Gasteiger partial charge in [-0.25, -0.2) is 0 Å². The number of benzene rings is 1. The van der Waals surface area contributed by atoms with Gasteiger partial charge >= 0.3 is 0 Å². The average molecular weight is 315 g/mol. The van der Waals surface area contributed by atoms with Crippen LogP contribution in [-0.4, -0.2) is 11.0 Å². The number of nitro benzene ring substituents is 1. The average Bonchev–Trinajstić information content (AvgIpc) is 2.34. The molecule has 0 saturated heterocycles. The summed E-state index contributed by atoms with van der Waals surface area (Å²) >= 11 is 3.34. The molecule has 0 aliphatic heterocycles. The first-order valence-electron chi connectivity index (χ1n) is 6.11. The van der Waals surface area contributed by atoms with Crippen LogP contribution in [-0.2, 0) is 6.54 Å². The van der Waals surface area contributed by atoms with Gasteiger partial charge in [-0.15, -0.1) is 0 Å². The summed E-state index contributed by atoms with van der Waals surface area (Å²) in [6, 6.07) is 5.37. The van der Waals surface area contributed by atoms with Crippen LogP contribution in [0.15, 0.2) is 22.7 Å². The molecule has 5 heteroatoms. The minimum Gasteiger partial charge on any atom is -0.310 e. The molecule has 2 unspecified atom stereocenters. The molecule has 0 spiro atoms. The Morgan fingerprint density at radius 1 is 1.44 bits per heavy atom. The molecule has 0 saturated carbocycles. The minimum absolute atomic E-state index is 0.169. The van der Waals surface area contributed by atoms with E-state index in [1.165, 1.54) is 6.07 Å². The Morgan fingerprint density at radius 2 is 2.11 bits per heavy atom. The van der Waals surface area contributed by atoms with E-state index >= 15 is 0 Å². The summed E-state index contributed by atoms with van der Waals surface area (Å²) in [7, 11) is 0. The Morgan fingerprint density at radius 3 is 2.67 bits per heavy atom. The summed E-state index contributed by atoms with van der Waals surface area (Å²) in [5.74, 6) is 0.552. The number of nitrogens with zero attached hydrogens (tertiary/aromatic N) is 1. The van der Waals surface area contributed by atoms with E-state index in [0.29, 0.717) is 24.1 Å². The molecule has 2 atom stereocenters. The highest BCUT2D eigenvalue weighted by Crippen LogP contribution is 2.23. The maximum Gasteiger partial charge on any atom is 0.273 e. The van der Waals surface area contributed by atoms with Crippen molar-refractivity contribution in [3.05, 3.63) is 38.3 Å². The fourth-order valence-corrected chi connectivity index (χ4v) is 2.11. The minimum atomic E-state index is -0.336. The molecule has 0 aliphatic carbocycles. The fraction of sp³-hybridized carbons (Fsp3) is 0.538. The monoisotopic (exact) mass is 314 g/mol. The van der Waals surface area contributed by atoms with E-state index < -0.39 is 0 Å². The molecule has 4 nitrogen and oxygen atoms in total. The van der Waals surface area contributed by atoms with Crippen molar-refractivity contribution in [1.82, 2.24) is 5.32 Å². The summed E-state index contributed by atoms with van der Waals surface area (Å²) < 4.78 is 0.862. The Bertz CT molecular complexity index is 423. The van der Waals surface area contributed by atoms with Crippen LogP contribution in [0.3, 0.4) is 0 Å². The first-order chi connectivity index (χ1) is 8.45. The van der Waals surface area contributed by atoms with Crippen LogP contribution in [0.2, 0.25) is 0 Å². The highest BCUT2D eigenvalue weighted by atomic mass is 79.9. The third-order valence-corrected chi connectivity index (χ3v) is 3.84. The SMILES string of the molecule is CCC(C)C(C)NCc1cc(Br)ccc1[N+](=O)[O-]. The van der Waals surface area contributed by atoms with Crippen molar-refractivity contribution in [2.24, 2.45) is 5.92 Å². The van der Waals surface area contributed by atoms with Crippen molar-refractivity contribution in [1.29, 1.82) is 0 Å². The number of rotatable bonds is 6. The highest BCUT2D eigenvalue weighted by molar-refractivity contribution is 9.10. The Hall–Kier alpha value is -0.940. The summed E-state index contributed by atoms with van der Waals surface area (Å²) in [5, 5.41) is 14.3. The predicted octanol–water partition coefficient (Wildman–Crippen LogP) is 3.88. The standard InChI is InChI=1S/C13H19BrN2O2/c1-4-9(2)10(3)15-8-11-7-12(14)5-6-13(11)16(17)18/h5-7,9-10,15H,4,8H2,1-3H3. The summed E-state index contributed by atoms with van der Waals surface area (Å²) in [5.41, 5.74) is 0.881. The molecule has 0 fully saturated rings. The quantitative estimate of drug-likeness (QED) is 0.640. The Kier molecular flexibility index (Phi) is 5.75. The molecule has 1 aromatic carbocycles. The second-order valence-electron chi connectivity index (χ2n) is 4.59. The second kappa shape index (κ2) is 6.85. The summed E-state index contributed by atoms with van der Waals surface area (Å²) in [6.45, 7) is 6.94. The van der Waals surface area contributed by atoms with Crippen LogP contribution < -0.4 is 5.32 Å². The van der Waals surface area contributed by atoms with Gasteiger partial charge in [-0.3, -0.25) is 10.1 Å². The topological polar surface area (TPSA) is 55.2 Å². The van der Waals surface area contributed by atoms with Gasteiger partial charge in [0.05, 0.1) is 4.92 Å². The smallest absolute Gasteiger partial charge is 0.273 e. The molecule has 0 heterocycles. The first-order valence-corrected chi connectivity index (χ1v) is 6.91. The number of hydrogen-bond donors (Lipinski definition) is 1. The fourth-order valence-electron chi connectivity index (χ4n) is 1.70. The van der Waals surface area contributed by atoms with E-state index in [1.54, 1.807) is 12.1 Å². The van der Waals surface area contributed by atoms with E-state index in [9.17, 15) is 10.1 Å². The molecule has 1 N–H and O–H groups in total. The van der Waals surface area contributed by atoms with Gasteiger partial charge in [0.2, 0.25) is 0 Å². The van der Waals surface area contributed by atoms with E-state index in [0.717, 1.165) is 10.9 Å². The molecule has 0 aliphatic rings. The van der Waals surface area contributed by atoms with Crippen molar-refractivity contribution in [3.63, 3.8) is 0 Å². The molecule has 1 aromatic rings. The van der Waals surface area contributed by atoms with Crippen LogP contribution >= 0.6 is 15.9 Å². The normalized spacial score (nSPS) is 14.2. The zero-order chi connectivity index (χ0) is 13.7. The Balaban J connectivity index is 2.77. The second-order valence-corrected chi connectivity index (χ2v) is 5.50. The van der Waals surface area contributed by atoms with Gasteiger partial charge < -0.3 is 5.32 Å². The van der Waals surface area contributed by atoms with Crippen LogP contribution in [0, 0.1) is 16.0 Å². The number of nitrogens with one attached hydrogen (secondary N) is 1. The number of halogens is 1. The van der Waals surface area contributed by atoms with Crippen molar-refractivity contribution in [2.75, 3.05) is 0 Å². The van der Waals surface area contributed by atoms with Gasteiger partial charge in [0.15, 0.2) is 0 Å². The van der Waals surface area contributed by atoms with Crippen molar-refractivity contribution in [2.45, 2.75) is 39.8 Å². The Labute approximate surface area is 116 Å². The highest BCUT2D eigenvalue weighted by Gasteiger charge is 2.15. The van der Waals surface area contributed by atoms with Crippen molar-refractivity contribution in [3.8, 4) is 0 Å². The van der Waals surface area contributed by atoms with Gasteiger partial charge in [0.25, 0.3) is 5.69 Å². The summed E-state index contributed by atoms with van der Waals surface area (Å²) in [6.07, 6.45) is 1.09. The summed E-state index contributed by atoms with van der Waals surface area (Å²) in [4.78, 5) is 10.6. The molecule has 0 amide bonds. The molecule has 0 radical (unpaired) electrons. The zero-order valence-electron chi connectivity index (χ0n) is 10.9. The molecule has 18 heavy (non-hydrogen) atoms. The van der Waals surface area contributed by atoms with Crippen molar-refractivity contribution >= 4 is 21.6 Å². The third kappa shape index (κ3) is 4.07. The maximum absolute atomic E-state index is 10.9. The van der Waals surface area contributed by atoms with Gasteiger partial charge in [0.1, 0.15) is 0 Å². The van der Waals surface area contributed by atoms with Crippen LogP contribution in [0.4, 0.5) is 5.69 Å². The molecule has 1 rings (SSSR count). The first kappa shape index (κ1) is 15.1. The van der Waals surface area contributed by atoms with Crippen molar-refractivity contribution < 1.29 is 4.92 Å². The lowest BCUT2D eigenvalue weighted by molar-refractivity contribution is -0.385. The number of nitro groups is 1.